The summed E-state index contributed by atoms with van der Waals surface area (Å²) in [5, 5.41) is 4.11. The van der Waals surface area contributed by atoms with Gasteiger partial charge in [-0.15, -0.1) is 0 Å². The number of amides is 1. The normalized spacial score (nSPS) is 14.6. The molecule has 2 aromatic carbocycles. The maximum atomic E-state index is 12.6. The van der Waals surface area contributed by atoms with E-state index in [1.165, 1.54) is 15.8 Å². The van der Waals surface area contributed by atoms with Crippen molar-refractivity contribution in [1.82, 2.24) is 15.2 Å². The van der Waals surface area contributed by atoms with Crippen LogP contribution in [0.25, 0.3) is 10.2 Å². The van der Waals surface area contributed by atoms with Gasteiger partial charge in [-0.1, -0.05) is 17.4 Å². The van der Waals surface area contributed by atoms with E-state index in [1.54, 1.807) is 43.8 Å². The Morgan fingerprint density at radius 3 is 2.59 bits per heavy atom. The highest BCUT2D eigenvalue weighted by atomic mass is 32.1. The Morgan fingerprint density at radius 2 is 1.88 bits per heavy atom. The molecule has 0 atom stereocenters. The summed E-state index contributed by atoms with van der Waals surface area (Å²) >= 11 is 1.78. The molecule has 4 rings (SSSR count). The van der Waals surface area contributed by atoms with E-state index >= 15 is 0 Å². The molecule has 1 saturated heterocycles. The fraction of sp³-hybridized carbons (Fsp3) is 0.417. The third kappa shape index (κ3) is 4.81. The smallest absolute Gasteiger partial charge is 0.255 e. The van der Waals surface area contributed by atoms with Crippen LogP contribution in [0.3, 0.4) is 0 Å². The van der Waals surface area contributed by atoms with Crippen molar-refractivity contribution in [2.45, 2.75) is 13.8 Å². The highest BCUT2D eigenvalue weighted by Gasteiger charge is 2.21. The zero-order chi connectivity index (χ0) is 22.7. The standard InChI is InChI=1S/C24H30N4O3S/c1-16-13-17(2)22-20(14-16)26-24(32-22)28-11-9-27(10-12-28)8-7-25-23(29)19-6-5-18(30-3)15-21(19)31-4/h5-6,13-15H,7-12H2,1-4H3,(H,25,29). The van der Waals surface area contributed by atoms with E-state index in [0.29, 0.717) is 23.6 Å². The van der Waals surface area contributed by atoms with Gasteiger partial charge in [-0.25, -0.2) is 4.98 Å². The number of hydrogen-bond donors (Lipinski definition) is 1. The predicted octanol–water partition coefficient (Wildman–Crippen LogP) is 3.48. The Hall–Kier alpha value is -2.84. The highest BCUT2D eigenvalue weighted by Crippen LogP contribution is 2.32. The SMILES string of the molecule is COc1ccc(C(=O)NCCN2CCN(c3nc4cc(C)cc(C)c4s3)CC2)c(OC)c1. The average molecular weight is 455 g/mol. The molecule has 0 saturated carbocycles. The van der Waals surface area contributed by atoms with E-state index in [2.05, 4.69) is 41.1 Å². The number of fused-ring (bicyclic) bond motifs is 1. The minimum absolute atomic E-state index is 0.136. The maximum absolute atomic E-state index is 12.6. The largest absolute Gasteiger partial charge is 0.497 e. The quantitative estimate of drug-likeness (QED) is 0.590. The minimum Gasteiger partial charge on any atom is -0.497 e. The van der Waals surface area contributed by atoms with Crippen molar-refractivity contribution in [1.29, 1.82) is 0 Å². The first-order chi connectivity index (χ1) is 15.5. The summed E-state index contributed by atoms with van der Waals surface area (Å²) < 4.78 is 11.8. The zero-order valence-electron chi connectivity index (χ0n) is 19.1. The van der Waals surface area contributed by atoms with E-state index in [1.807, 2.05) is 0 Å². The number of ether oxygens (including phenoxy) is 2. The number of rotatable bonds is 7. The molecule has 1 aromatic heterocycles. The lowest BCUT2D eigenvalue weighted by molar-refractivity contribution is 0.0944. The summed E-state index contributed by atoms with van der Waals surface area (Å²) in [5.41, 5.74) is 4.17. The molecule has 3 aromatic rings. The van der Waals surface area contributed by atoms with Crippen LogP contribution in [0.5, 0.6) is 11.5 Å². The number of methoxy groups -OCH3 is 2. The Labute approximate surface area is 192 Å². The van der Waals surface area contributed by atoms with Gasteiger partial charge in [-0.05, 0) is 43.2 Å². The molecule has 2 heterocycles. The summed E-state index contributed by atoms with van der Waals surface area (Å²) in [7, 11) is 3.14. The summed E-state index contributed by atoms with van der Waals surface area (Å²) in [5.74, 6) is 1.04. The highest BCUT2D eigenvalue weighted by molar-refractivity contribution is 7.22. The van der Waals surface area contributed by atoms with Gasteiger partial charge in [0.15, 0.2) is 5.13 Å². The number of nitrogens with one attached hydrogen (secondary N) is 1. The predicted molar refractivity (Wildman–Crippen MR) is 130 cm³/mol. The van der Waals surface area contributed by atoms with Crippen molar-refractivity contribution in [3.63, 3.8) is 0 Å². The number of anilines is 1. The van der Waals surface area contributed by atoms with Crippen LogP contribution in [-0.4, -0.2) is 69.3 Å². The van der Waals surface area contributed by atoms with Crippen molar-refractivity contribution in [2.24, 2.45) is 0 Å². The van der Waals surface area contributed by atoms with Crippen LogP contribution >= 0.6 is 11.3 Å². The molecule has 0 spiro atoms. The molecular weight excluding hydrogens is 424 g/mol. The van der Waals surface area contributed by atoms with Crippen LogP contribution in [0.2, 0.25) is 0 Å². The van der Waals surface area contributed by atoms with Crippen LogP contribution in [0, 0.1) is 13.8 Å². The van der Waals surface area contributed by atoms with Gasteiger partial charge in [0, 0.05) is 45.3 Å². The first-order valence-corrected chi connectivity index (χ1v) is 11.7. The molecule has 1 amide bonds. The third-order valence-corrected chi connectivity index (χ3v) is 7.09. The number of aromatic nitrogens is 1. The van der Waals surface area contributed by atoms with Crippen LogP contribution in [-0.2, 0) is 0 Å². The molecule has 8 heteroatoms. The number of carbonyl (C=O) groups is 1. The fourth-order valence-corrected chi connectivity index (χ4v) is 5.14. The lowest BCUT2D eigenvalue weighted by Crippen LogP contribution is -2.48. The molecule has 1 N–H and O–H groups in total. The Bertz CT molecular complexity index is 1110. The lowest BCUT2D eigenvalue weighted by Gasteiger charge is -2.34. The van der Waals surface area contributed by atoms with Gasteiger partial charge in [-0.3, -0.25) is 9.69 Å². The Kier molecular flexibility index (Phi) is 6.81. The molecule has 1 aliphatic rings. The summed E-state index contributed by atoms with van der Waals surface area (Å²) in [6, 6.07) is 9.60. The molecule has 32 heavy (non-hydrogen) atoms. The minimum atomic E-state index is -0.136. The monoisotopic (exact) mass is 454 g/mol. The molecular formula is C24H30N4O3S. The average Bonchev–Trinajstić information content (AvgIpc) is 3.23. The number of carbonyl (C=O) groups excluding carboxylic acids is 1. The number of thiazole rings is 1. The van der Waals surface area contributed by atoms with Gasteiger partial charge < -0.3 is 19.7 Å². The third-order valence-electron chi connectivity index (χ3n) is 5.82. The van der Waals surface area contributed by atoms with Crippen molar-refractivity contribution in [3.05, 3.63) is 47.0 Å². The maximum Gasteiger partial charge on any atom is 0.255 e. The molecule has 1 aliphatic heterocycles. The number of nitrogens with zero attached hydrogens (tertiary/aromatic N) is 3. The van der Waals surface area contributed by atoms with Gasteiger partial charge in [0.2, 0.25) is 0 Å². The molecule has 0 radical (unpaired) electrons. The van der Waals surface area contributed by atoms with Gasteiger partial charge in [-0.2, -0.15) is 0 Å². The molecule has 1 fully saturated rings. The van der Waals surface area contributed by atoms with Gasteiger partial charge in [0.1, 0.15) is 11.5 Å². The molecule has 7 nitrogen and oxygen atoms in total. The second-order valence-corrected chi connectivity index (χ2v) is 9.05. The molecule has 0 aliphatic carbocycles. The summed E-state index contributed by atoms with van der Waals surface area (Å²) in [6.07, 6.45) is 0. The van der Waals surface area contributed by atoms with Crippen LogP contribution in [0.1, 0.15) is 21.5 Å². The zero-order valence-corrected chi connectivity index (χ0v) is 19.9. The second kappa shape index (κ2) is 9.75. The van der Waals surface area contributed by atoms with E-state index in [9.17, 15) is 4.79 Å². The van der Waals surface area contributed by atoms with E-state index in [-0.39, 0.29) is 5.91 Å². The van der Waals surface area contributed by atoms with E-state index < -0.39 is 0 Å². The van der Waals surface area contributed by atoms with Crippen LogP contribution in [0.15, 0.2) is 30.3 Å². The molecule has 0 unspecified atom stereocenters. The van der Waals surface area contributed by atoms with Crippen molar-refractivity contribution < 1.29 is 14.3 Å². The van der Waals surface area contributed by atoms with Crippen molar-refractivity contribution in [3.8, 4) is 11.5 Å². The number of hydrogen-bond acceptors (Lipinski definition) is 7. The summed E-state index contributed by atoms with van der Waals surface area (Å²) in [4.78, 5) is 22.2. The second-order valence-electron chi connectivity index (χ2n) is 8.08. The topological polar surface area (TPSA) is 66.9 Å². The van der Waals surface area contributed by atoms with E-state index in [0.717, 1.165) is 43.4 Å². The Morgan fingerprint density at radius 1 is 1.09 bits per heavy atom. The fourth-order valence-electron chi connectivity index (χ4n) is 4.07. The molecule has 0 bridgehead atoms. The van der Waals surface area contributed by atoms with Crippen LogP contribution in [0.4, 0.5) is 5.13 Å². The van der Waals surface area contributed by atoms with Crippen LogP contribution < -0.4 is 19.7 Å². The lowest BCUT2D eigenvalue weighted by atomic mass is 10.1. The van der Waals surface area contributed by atoms with Gasteiger partial charge in [0.05, 0.1) is 30.0 Å². The van der Waals surface area contributed by atoms with Crippen molar-refractivity contribution in [2.75, 3.05) is 58.4 Å². The summed E-state index contributed by atoms with van der Waals surface area (Å²) in [6.45, 7) is 9.48. The first-order valence-electron chi connectivity index (χ1n) is 10.8. The number of aryl methyl sites for hydroxylation is 2. The molecule has 170 valence electrons. The van der Waals surface area contributed by atoms with Gasteiger partial charge in [0.25, 0.3) is 5.91 Å². The van der Waals surface area contributed by atoms with Gasteiger partial charge >= 0.3 is 0 Å². The first kappa shape index (κ1) is 22.4. The van der Waals surface area contributed by atoms with E-state index in [4.69, 9.17) is 14.5 Å². The number of benzene rings is 2. The van der Waals surface area contributed by atoms with Crippen molar-refractivity contribution >= 4 is 32.6 Å². The number of piperazine rings is 1. The Balaban J connectivity index is 1.28.